The fraction of sp³-hybridized carbons (Fsp3) is 0.222. The smallest absolute Gasteiger partial charge is 0.0941 e. The maximum absolute atomic E-state index is 8.76. The lowest BCUT2D eigenvalue weighted by atomic mass is 10.0. The summed E-state index contributed by atoms with van der Waals surface area (Å²) in [4.78, 5) is 0. The Bertz CT molecular complexity index is 258. The van der Waals surface area contributed by atoms with Gasteiger partial charge in [-0.2, -0.15) is 5.48 Å². The second-order valence-corrected chi connectivity index (χ2v) is 2.66. The largest absolute Gasteiger partial charge is 0.316 e. The molecule has 0 spiro atoms. The highest BCUT2D eigenvalue weighted by Gasteiger charge is 2.10. The van der Waals surface area contributed by atoms with Crippen LogP contribution in [0.2, 0.25) is 0 Å². The van der Waals surface area contributed by atoms with Crippen LogP contribution in [0, 0.1) is 5.41 Å². The monoisotopic (exact) mass is 164 g/mol. The summed E-state index contributed by atoms with van der Waals surface area (Å²) in [6.45, 7) is 1.65. The van der Waals surface area contributed by atoms with Crippen LogP contribution in [-0.4, -0.2) is 10.9 Å². The minimum Gasteiger partial charge on any atom is -0.316 e. The van der Waals surface area contributed by atoms with Crippen LogP contribution < -0.4 is 5.48 Å². The van der Waals surface area contributed by atoms with Crippen molar-refractivity contribution in [2.24, 2.45) is 0 Å². The lowest BCUT2D eigenvalue weighted by Crippen LogP contribution is -2.23. The number of nitrogens with one attached hydrogen (secondary N) is 2. The molecular formula is C9H12N2O. The molecule has 0 aromatic heterocycles. The van der Waals surface area contributed by atoms with Crippen molar-refractivity contribution in [1.82, 2.24) is 5.48 Å². The third-order valence-corrected chi connectivity index (χ3v) is 1.70. The first-order chi connectivity index (χ1) is 5.75. The first-order valence-corrected chi connectivity index (χ1v) is 3.75. The van der Waals surface area contributed by atoms with Gasteiger partial charge in [-0.15, -0.1) is 0 Å². The molecule has 1 aromatic carbocycles. The lowest BCUT2D eigenvalue weighted by molar-refractivity contribution is 0.150. The molecule has 0 amide bonds. The summed E-state index contributed by atoms with van der Waals surface area (Å²) in [7, 11) is 0. The van der Waals surface area contributed by atoms with E-state index in [2.05, 4.69) is 5.48 Å². The second kappa shape index (κ2) is 3.99. The first kappa shape index (κ1) is 8.90. The molecule has 0 aliphatic heterocycles. The Morgan fingerprint density at radius 3 is 2.42 bits per heavy atom. The Kier molecular flexibility index (Phi) is 2.96. The van der Waals surface area contributed by atoms with E-state index in [-0.39, 0.29) is 6.04 Å². The molecule has 0 saturated carbocycles. The molecular weight excluding hydrogens is 152 g/mol. The van der Waals surface area contributed by atoms with E-state index in [0.29, 0.717) is 5.71 Å². The summed E-state index contributed by atoms with van der Waals surface area (Å²) in [5, 5.41) is 16.1. The van der Waals surface area contributed by atoms with Crippen LogP contribution in [0.5, 0.6) is 0 Å². The van der Waals surface area contributed by atoms with Crippen molar-refractivity contribution >= 4 is 5.71 Å². The molecule has 1 atom stereocenters. The van der Waals surface area contributed by atoms with Gasteiger partial charge in [0.15, 0.2) is 0 Å². The van der Waals surface area contributed by atoms with Gasteiger partial charge in [-0.1, -0.05) is 30.3 Å². The molecule has 0 radical (unpaired) electrons. The van der Waals surface area contributed by atoms with Gasteiger partial charge < -0.3 is 10.6 Å². The van der Waals surface area contributed by atoms with Crippen molar-refractivity contribution in [3.8, 4) is 0 Å². The highest BCUT2D eigenvalue weighted by molar-refractivity contribution is 5.85. The fourth-order valence-corrected chi connectivity index (χ4v) is 1.07. The molecule has 0 fully saturated rings. The van der Waals surface area contributed by atoms with E-state index in [1.165, 1.54) is 0 Å². The number of rotatable bonds is 3. The van der Waals surface area contributed by atoms with Crippen LogP contribution in [0.3, 0.4) is 0 Å². The van der Waals surface area contributed by atoms with Gasteiger partial charge in [-0.3, -0.25) is 0 Å². The van der Waals surface area contributed by atoms with Crippen LogP contribution in [0.25, 0.3) is 0 Å². The molecule has 0 aliphatic rings. The summed E-state index contributed by atoms with van der Waals surface area (Å²) in [6.07, 6.45) is 0. The van der Waals surface area contributed by atoms with E-state index in [4.69, 9.17) is 10.6 Å². The molecule has 1 aromatic rings. The zero-order valence-corrected chi connectivity index (χ0v) is 6.91. The van der Waals surface area contributed by atoms with Gasteiger partial charge in [-0.05, 0) is 12.5 Å². The molecule has 12 heavy (non-hydrogen) atoms. The van der Waals surface area contributed by atoms with E-state index in [1.807, 2.05) is 30.3 Å². The quantitative estimate of drug-likeness (QED) is 0.471. The molecule has 1 unspecified atom stereocenters. The van der Waals surface area contributed by atoms with Crippen molar-refractivity contribution in [3.05, 3.63) is 35.9 Å². The Balaban J connectivity index is 2.88. The van der Waals surface area contributed by atoms with Crippen molar-refractivity contribution in [1.29, 1.82) is 5.41 Å². The maximum Gasteiger partial charge on any atom is 0.0941 e. The zero-order valence-electron chi connectivity index (χ0n) is 6.91. The topological polar surface area (TPSA) is 56.1 Å². The van der Waals surface area contributed by atoms with Crippen LogP contribution >= 0.6 is 0 Å². The van der Waals surface area contributed by atoms with Crippen LogP contribution in [0.1, 0.15) is 18.5 Å². The molecule has 3 N–H and O–H groups in total. The van der Waals surface area contributed by atoms with Gasteiger partial charge in [0, 0.05) is 5.71 Å². The summed E-state index contributed by atoms with van der Waals surface area (Å²) in [5.41, 5.74) is 3.38. The van der Waals surface area contributed by atoms with Gasteiger partial charge in [0.1, 0.15) is 0 Å². The van der Waals surface area contributed by atoms with Crippen molar-refractivity contribution < 1.29 is 5.21 Å². The summed E-state index contributed by atoms with van der Waals surface area (Å²) >= 11 is 0. The van der Waals surface area contributed by atoms with E-state index >= 15 is 0 Å². The third kappa shape index (κ3) is 1.90. The average molecular weight is 164 g/mol. The number of benzene rings is 1. The standard InChI is InChI=1S/C9H12N2O/c1-7(10)9(11-12)8-5-3-2-4-6-8/h2-6,9-12H,1H3. The zero-order chi connectivity index (χ0) is 8.97. The van der Waals surface area contributed by atoms with E-state index in [0.717, 1.165) is 5.56 Å². The van der Waals surface area contributed by atoms with Crippen LogP contribution in [0.15, 0.2) is 30.3 Å². The molecule has 3 heteroatoms. The van der Waals surface area contributed by atoms with Gasteiger partial charge in [0.2, 0.25) is 0 Å². The Labute approximate surface area is 71.5 Å². The third-order valence-electron chi connectivity index (χ3n) is 1.70. The summed E-state index contributed by atoms with van der Waals surface area (Å²) in [5.74, 6) is 0. The van der Waals surface area contributed by atoms with E-state index < -0.39 is 0 Å². The maximum atomic E-state index is 8.76. The lowest BCUT2D eigenvalue weighted by Gasteiger charge is -2.13. The molecule has 0 aliphatic carbocycles. The van der Waals surface area contributed by atoms with Gasteiger partial charge in [0.05, 0.1) is 6.04 Å². The molecule has 3 nitrogen and oxygen atoms in total. The van der Waals surface area contributed by atoms with Crippen LogP contribution in [-0.2, 0) is 0 Å². The Hall–Kier alpha value is -1.19. The second-order valence-electron chi connectivity index (χ2n) is 2.66. The first-order valence-electron chi connectivity index (χ1n) is 3.75. The fourth-order valence-electron chi connectivity index (χ4n) is 1.07. The van der Waals surface area contributed by atoms with Crippen molar-refractivity contribution in [2.75, 3.05) is 0 Å². The molecule has 0 saturated heterocycles. The number of hydroxylamine groups is 1. The summed E-state index contributed by atoms with van der Waals surface area (Å²) < 4.78 is 0. The number of hydrogen-bond donors (Lipinski definition) is 3. The van der Waals surface area contributed by atoms with Gasteiger partial charge in [0.25, 0.3) is 0 Å². The van der Waals surface area contributed by atoms with Gasteiger partial charge in [-0.25, -0.2) is 0 Å². The minimum atomic E-state index is -0.383. The average Bonchev–Trinajstić information content (AvgIpc) is 2.07. The predicted molar refractivity (Wildman–Crippen MR) is 47.5 cm³/mol. The Morgan fingerprint density at radius 2 is 2.00 bits per heavy atom. The summed E-state index contributed by atoms with van der Waals surface area (Å²) in [6, 6.07) is 9.01. The molecule has 0 heterocycles. The predicted octanol–water partition coefficient (Wildman–Crippen LogP) is 1.75. The highest BCUT2D eigenvalue weighted by atomic mass is 16.5. The van der Waals surface area contributed by atoms with E-state index in [1.54, 1.807) is 6.92 Å². The molecule has 64 valence electrons. The van der Waals surface area contributed by atoms with E-state index in [9.17, 15) is 0 Å². The molecule has 1 rings (SSSR count). The molecule has 0 bridgehead atoms. The Morgan fingerprint density at radius 1 is 1.42 bits per heavy atom. The minimum absolute atomic E-state index is 0.383. The van der Waals surface area contributed by atoms with Crippen molar-refractivity contribution in [3.63, 3.8) is 0 Å². The van der Waals surface area contributed by atoms with Gasteiger partial charge >= 0.3 is 0 Å². The SMILES string of the molecule is CC(=N)C(NO)c1ccccc1. The highest BCUT2D eigenvalue weighted by Crippen LogP contribution is 2.12. The number of hydrogen-bond acceptors (Lipinski definition) is 3. The van der Waals surface area contributed by atoms with Crippen LogP contribution in [0.4, 0.5) is 0 Å². The van der Waals surface area contributed by atoms with Crippen molar-refractivity contribution in [2.45, 2.75) is 13.0 Å². The normalized spacial score (nSPS) is 12.5.